The first-order valence-corrected chi connectivity index (χ1v) is 12.1. The van der Waals surface area contributed by atoms with E-state index in [2.05, 4.69) is 0 Å². The van der Waals surface area contributed by atoms with Crippen LogP contribution in [0.1, 0.15) is 24.2 Å². The average Bonchev–Trinajstić information content (AvgIpc) is 2.79. The first-order valence-electron chi connectivity index (χ1n) is 10.7. The van der Waals surface area contributed by atoms with Crippen LogP contribution in [0.4, 0.5) is 10.1 Å². The number of carbonyl (C=O) groups is 1. The van der Waals surface area contributed by atoms with Crippen LogP contribution < -0.4 is 4.90 Å². The van der Waals surface area contributed by atoms with Gasteiger partial charge in [-0.3, -0.25) is 4.79 Å². The second-order valence-corrected chi connectivity index (χ2v) is 10.7. The Labute approximate surface area is 188 Å². The van der Waals surface area contributed by atoms with Gasteiger partial charge in [0.1, 0.15) is 5.82 Å². The maximum absolute atomic E-state index is 13.3. The Kier molecular flexibility index (Phi) is 6.24. The summed E-state index contributed by atoms with van der Waals surface area (Å²) in [6.45, 7) is 6.88. The van der Waals surface area contributed by atoms with Crippen molar-refractivity contribution >= 4 is 21.6 Å². The zero-order chi connectivity index (χ0) is 22.9. The van der Waals surface area contributed by atoms with Gasteiger partial charge in [0.2, 0.25) is 10.0 Å². The molecule has 2 aromatic rings. The number of sulfonamides is 1. The highest BCUT2D eigenvalue weighted by molar-refractivity contribution is 7.89. The van der Waals surface area contributed by atoms with E-state index in [1.54, 1.807) is 29.2 Å². The standard InChI is InChI=1S/C23H28FN3O4S/c1-23(2)17-31-15-14-27(23)22(28)18-4-3-5-21(16-18)32(29,30)26-12-10-25(11-13-26)20-8-6-19(24)7-9-20/h3-9,16H,10-15,17H2,1-2H3. The lowest BCUT2D eigenvalue weighted by Crippen LogP contribution is -2.55. The Morgan fingerprint density at radius 1 is 1.00 bits per heavy atom. The molecule has 7 nitrogen and oxygen atoms in total. The molecular formula is C23H28FN3O4S. The van der Waals surface area contributed by atoms with E-state index in [1.807, 2.05) is 18.7 Å². The van der Waals surface area contributed by atoms with Gasteiger partial charge < -0.3 is 14.5 Å². The summed E-state index contributed by atoms with van der Waals surface area (Å²) in [6.07, 6.45) is 0. The van der Waals surface area contributed by atoms with Gasteiger partial charge in [-0.1, -0.05) is 6.07 Å². The van der Waals surface area contributed by atoms with Crippen LogP contribution in [-0.2, 0) is 14.8 Å². The van der Waals surface area contributed by atoms with E-state index in [0.717, 1.165) is 5.69 Å². The molecule has 1 amide bonds. The molecule has 0 aliphatic carbocycles. The Morgan fingerprint density at radius 3 is 2.34 bits per heavy atom. The molecule has 0 N–H and O–H groups in total. The summed E-state index contributed by atoms with van der Waals surface area (Å²) in [4.78, 5) is 17.0. The van der Waals surface area contributed by atoms with Crippen LogP contribution >= 0.6 is 0 Å². The molecular weight excluding hydrogens is 433 g/mol. The number of nitrogens with zero attached hydrogens (tertiary/aromatic N) is 3. The number of rotatable bonds is 4. The van der Waals surface area contributed by atoms with Crippen LogP contribution in [0.2, 0.25) is 0 Å². The van der Waals surface area contributed by atoms with Crippen LogP contribution in [0.5, 0.6) is 0 Å². The molecule has 4 rings (SSSR count). The summed E-state index contributed by atoms with van der Waals surface area (Å²) < 4.78 is 46.6. The molecule has 9 heteroatoms. The number of hydrogen-bond acceptors (Lipinski definition) is 5. The van der Waals surface area contributed by atoms with Crippen molar-refractivity contribution < 1.29 is 22.3 Å². The molecule has 32 heavy (non-hydrogen) atoms. The number of ether oxygens (including phenoxy) is 1. The molecule has 0 spiro atoms. The molecule has 0 unspecified atom stereocenters. The normalized spacial score (nSPS) is 19.7. The minimum atomic E-state index is -3.74. The SMILES string of the molecule is CC1(C)COCCN1C(=O)c1cccc(S(=O)(=O)N2CCN(c3ccc(F)cc3)CC2)c1. The molecule has 2 aliphatic heterocycles. The number of amides is 1. The van der Waals surface area contributed by atoms with E-state index in [9.17, 15) is 17.6 Å². The number of halogens is 1. The summed E-state index contributed by atoms with van der Waals surface area (Å²) in [7, 11) is -3.74. The summed E-state index contributed by atoms with van der Waals surface area (Å²) in [5.74, 6) is -0.499. The number of morpholine rings is 1. The van der Waals surface area contributed by atoms with Crippen LogP contribution in [0.15, 0.2) is 53.4 Å². The highest BCUT2D eigenvalue weighted by atomic mass is 32.2. The molecule has 2 fully saturated rings. The molecule has 2 saturated heterocycles. The maximum Gasteiger partial charge on any atom is 0.254 e. The van der Waals surface area contributed by atoms with Crippen molar-refractivity contribution in [1.82, 2.24) is 9.21 Å². The third kappa shape index (κ3) is 4.51. The minimum Gasteiger partial charge on any atom is -0.377 e. The largest absolute Gasteiger partial charge is 0.377 e. The van der Waals surface area contributed by atoms with Gasteiger partial charge in [-0.05, 0) is 56.3 Å². The number of benzene rings is 2. The fraction of sp³-hybridized carbons (Fsp3) is 0.435. The van der Waals surface area contributed by atoms with Gasteiger partial charge in [0.05, 0.1) is 23.6 Å². The van der Waals surface area contributed by atoms with Gasteiger partial charge in [0, 0.05) is 44.0 Å². The molecule has 2 aliphatic rings. The van der Waals surface area contributed by atoms with Crippen LogP contribution in [0, 0.1) is 5.82 Å². The first kappa shape index (κ1) is 22.7. The predicted molar refractivity (Wildman–Crippen MR) is 120 cm³/mol. The zero-order valence-electron chi connectivity index (χ0n) is 18.3. The molecule has 0 saturated carbocycles. The molecule has 0 atom stereocenters. The summed E-state index contributed by atoms with van der Waals surface area (Å²) in [6, 6.07) is 12.5. The topological polar surface area (TPSA) is 70.2 Å². The fourth-order valence-electron chi connectivity index (χ4n) is 4.17. The van der Waals surface area contributed by atoms with Crippen molar-refractivity contribution in [2.75, 3.05) is 50.8 Å². The second-order valence-electron chi connectivity index (χ2n) is 8.72. The van der Waals surface area contributed by atoms with Gasteiger partial charge in [0.25, 0.3) is 5.91 Å². The lowest BCUT2D eigenvalue weighted by Gasteiger charge is -2.42. The quantitative estimate of drug-likeness (QED) is 0.700. The van der Waals surface area contributed by atoms with Gasteiger partial charge in [0.15, 0.2) is 0 Å². The number of piperazine rings is 1. The van der Waals surface area contributed by atoms with E-state index < -0.39 is 15.6 Å². The van der Waals surface area contributed by atoms with Gasteiger partial charge in [-0.2, -0.15) is 4.31 Å². The van der Waals surface area contributed by atoms with E-state index in [-0.39, 0.29) is 16.6 Å². The van der Waals surface area contributed by atoms with Gasteiger partial charge in [-0.15, -0.1) is 0 Å². The summed E-state index contributed by atoms with van der Waals surface area (Å²) in [5.41, 5.74) is 0.760. The fourth-order valence-corrected chi connectivity index (χ4v) is 5.64. The molecule has 0 radical (unpaired) electrons. The number of hydrogen-bond donors (Lipinski definition) is 0. The van der Waals surface area contributed by atoms with Crippen molar-refractivity contribution in [2.24, 2.45) is 0 Å². The first-order chi connectivity index (χ1) is 15.2. The van der Waals surface area contributed by atoms with Crippen molar-refractivity contribution in [3.8, 4) is 0 Å². The summed E-state index contributed by atoms with van der Waals surface area (Å²) in [5, 5.41) is 0. The van der Waals surface area contributed by atoms with Gasteiger partial charge in [-0.25, -0.2) is 12.8 Å². The predicted octanol–water partition coefficient (Wildman–Crippen LogP) is 2.59. The Bertz CT molecular complexity index is 1080. The Morgan fingerprint density at radius 2 is 1.69 bits per heavy atom. The van der Waals surface area contributed by atoms with Crippen molar-refractivity contribution in [3.63, 3.8) is 0 Å². The van der Waals surface area contributed by atoms with Crippen LogP contribution in [0.25, 0.3) is 0 Å². The maximum atomic E-state index is 13.3. The van der Waals surface area contributed by atoms with E-state index >= 15 is 0 Å². The number of anilines is 1. The van der Waals surface area contributed by atoms with Crippen molar-refractivity contribution in [3.05, 3.63) is 59.9 Å². The highest BCUT2D eigenvalue weighted by Crippen LogP contribution is 2.25. The molecule has 172 valence electrons. The van der Waals surface area contributed by atoms with E-state index in [1.165, 1.54) is 28.6 Å². The monoisotopic (exact) mass is 461 g/mol. The van der Waals surface area contributed by atoms with Crippen LogP contribution in [0.3, 0.4) is 0 Å². The Hall–Kier alpha value is -2.49. The molecule has 0 aromatic heterocycles. The third-order valence-electron chi connectivity index (χ3n) is 6.04. The van der Waals surface area contributed by atoms with E-state index in [0.29, 0.717) is 51.5 Å². The highest BCUT2D eigenvalue weighted by Gasteiger charge is 2.35. The van der Waals surface area contributed by atoms with Crippen LogP contribution in [-0.4, -0.2) is 75.0 Å². The molecule has 0 bridgehead atoms. The Balaban J connectivity index is 1.49. The van der Waals surface area contributed by atoms with E-state index in [4.69, 9.17) is 4.74 Å². The lowest BCUT2D eigenvalue weighted by molar-refractivity contribution is -0.0370. The van der Waals surface area contributed by atoms with Crippen molar-refractivity contribution in [2.45, 2.75) is 24.3 Å². The third-order valence-corrected chi connectivity index (χ3v) is 7.93. The smallest absolute Gasteiger partial charge is 0.254 e. The minimum absolute atomic E-state index is 0.115. The second kappa shape index (κ2) is 8.80. The zero-order valence-corrected chi connectivity index (χ0v) is 19.1. The average molecular weight is 462 g/mol. The summed E-state index contributed by atoms with van der Waals surface area (Å²) >= 11 is 0. The van der Waals surface area contributed by atoms with Crippen molar-refractivity contribution in [1.29, 1.82) is 0 Å². The van der Waals surface area contributed by atoms with Gasteiger partial charge >= 0.3 is 0 Å². The number of carbonyl (C=O) groups excluding carboxylic acids is 1. The molecule has 2 heterocycles. The lowest BCUT2D eigenvalue weighted by atomic mass is 10.0. The molecule has 2 aromatic carbocycles.